The number of nitrogens with two attached hydrogens (primary N) is 1. The largest absolute Gasteiger partial charge is 0.489 e. The van der Waals surface area contributed by atoms with Gasteiger partial charge in [-0.1, -0.05) is 0 Å². The van der Waals surface area contributed by atoms with Gasteiger partial charge in [-0.25, -0.2) is 0 Å². The molecule has 0 saturated heterocycles. The molecule has 1 rings (SSSR count). The minimum atomic E-state index is -0.610. The molecule has 0 fully saturated rings. The lowest BCUT2D eigenvalue weighted by Gasteiger charge is -2.09. The summed E-state index contributed by atoms with van der Waals surface area (Å²) in [6, 6.07) is 3.66. The predicted molar refractivity (Wildman–Crippen MR) is 49.5 cm³/mol. The van der Waals surface area contributed by atoms with E-state index in [1.807, 2.05) is 19.1 Å². The van der Waals surface area contributed by atoms with E-state index < -0.39 is 6.10 Å². The molecule has 0 bridgehead atoms. The van der Waals surface area contributed by atoms with Gasteiger partial charge in [0.1, 0.15) is 18.5 Å². The molecule has 13 heavy (non-hydrogen) atoms. The Morgan fingerprint density at radius 1 is 1.62 bits per heavy atom. The molecule has 0 aliphatic rings. The van der Waals surface area contributed by atoms with Crippen molar-refractivity contribution in [2.24, 2.45) is 5.73 Å². The minimum absolute atomic E-state index is 0.208. The van der Waals surface area contributed by atoms with Gasteiger partial charge >= 0.3 is 0 Å². The number of aromatic nitrogens is 1. The van der Waals surface area contributed by atoms with Gasteiger partial charge in [-0.2, -0.15) is 0 Å². The first-order valence-corrected chi connectivity index (χ1v) is 4.16. The summed E-state index contributed by atoms with van der Waals surface area (Å²) >= 11 is 0. The third-order valence-electron chi connectivity index (χ3n) is 1.60. The molecule has 72 valence electrons. The lowest BCUT2D eigenvalue weighted by Crippen LogP contribution is -2.26. The maximum Gasteiger partial charge on any atom is 0.137 e. The number of nitrogens with zero attached hydrogens (tertiary/aromatic N) is 1. The molecule has 3 N–H and O–H groups in total. The van der Waals surface area contributed by atoms with Crippen LogP contribution in [0.15, 0.2) is 18.3 Å². The second kappa shape index (κ2) is 4.79. The lowest BCUT2D eigenvalue weighted by atomic mass is 10.3. The number of ether oxygens (including phenoxy) is 1. The van der Waals surface area contributed by atoms with Gasteiger partial charge in [-0.3, -0.25) is 4.98 Å². The van der Waals surface area contributed by atoms with Crippen molar-refractivity contribution >= 4 is 0 Å². The standard InChI is InChI=1S/C9H14N2O2/c1-7-2-3-9(5-11-7)13-6-8(12)4-10/h2-3,5,8,12H,4,6,10H2,1H3/t8-/m0/s1. The van der Waals surface area contributed by atoms with E-state index in [2.05, 4.69) is 4.98 Å². The lowest BCUT2D eigenvalue weighted by molar-refractivity contribution is 0.114. The topological polar surface area (TPSA) is 68.4 Å². The van der Waals surface area contributed by atoms with Crippen LogP contribution in [0.3, 0.4) is 0 Å². The van der Waals surface area contributed by atoms with Gasteiger partial charge in [0.05, 0.1) is 6.20 Å². The molecule has 1 atom stereocenters. The Morgan fingerprint density at radius 3 is 2.92 bits per heavy atom. The third-order valence-corrected chi connectivity index (χ3v) is 1.60. The van der Waals surface area contributed by atoms with Gasteiger partial charge in [0, 0.05) is 12.2 Å². The molecule has 4 nitrogen and oxygen atoms in total. The molecule has 0 radical (unpaired) electrons. The highest BCUT2D eigenvalue weighted by Crippen LogP contribution is 2.08. The number of aryl methyl sites for hydroxylation is 1. The van der Waals surface area contributed by atoms with Crippen LogP contribution in [-0.4, -0.2) is 29.3 Å². The average Bonchev–Trinajstić information content (AvgIpc) is 2.16. The van der Waals surface area contributed by atoms with Crippen LogP contribution in [-0.2, 0) is 0 Å². The highest BCUT2D eigenvalue weighted by Gasteiger charge is 2.01. The van der Waals surface area contributed by atoms with E-state index in [0.717, 1.165) is 5.69 Å². The summed E-state index contributed by atoms with van der Waals surface area (Å²) in [6.45, 7) is 2.32. The molecule has 4 heteroatoms. The normalized spacial score (nSPS) is 12.5. The van der Waals surface area contributed by atoms with Gasteiger partial charge in [0.2, 0.25) is 0 Å². The molecule has 1 aromatic heterocycles. The summed E-state index contributed by atoms with van der Waals surface area (Å²) in [6.07, 6.45) is 1.01. The first kappa shape index (κ1) is 9.95. The SMILES string of the molecule is Cc1ccc(OC[C@@H](O)CN)cn1. The smallest absolute Gasteiger partial charge is 0.137 e. The van der Waals surface area contributed by atoms with E-state index >= 15 is 0 Å². The van der Waals surface area contributed by atoms with E-state index in [1.165, 1.54) is 0 Å². The third kappa shape index (κ3) is 3.40. The van der Waals surface area contributed by atoms with Gasteiger partial charge in [-0.05, 0) is 19.1 Å². The molecule has 0 saturated carbocycles. The first-order chi connectivity index (χ1) is 6.22. The predicted octanol–water partition coefficient (Wildman–Crippen LogP) is 0.0884. The molecular weight excluding hydrogens is 168 g/mol. The van der Waals surface area contributed by atoms with Crippen molar-refractivity contribution in [3.63, 3.8) is 0 Å². The van der Waals surface area contributed by atoms with Crippen LogP contribution < -0.4 is 10.5 Å². The number of aliphatic hydroxyl groups is 1. The van der Waals surface area contributed by atoms with E-state index in [0.29, 0.717) is 5.75 Å². The van der Waals surface area contributed by atoms with E-state index in [9.17, 15) is 0 Å². The van der Waals surface area contributed by atoms with E-state index in [4.69, 9.17) is 15.6 Å². The van der Waals surface area contributed by atoms with E-state index in [1.54, 1.807) is 6.20 Å². The summed E-state index contributed by atoms with van der Waals surface area (Å²) in [5.41, 5.74) is 6.15. The molecule has 0 spiro atoms. The monoisotopic (exact) mass is 182 g/mol. The Kier molecular flexibility index (Phi) is 3.67. The molecule has 0 aliphatic heterocycles. The molecule has 0 unspecified atom stereocenters. The van der Waals surface area contributed by atoms with Crippen LogP contribution in [0.25, 0.3) is 0 Å². The second-order valence-electron chi connectivity index (χ2n) is 2.84. The zero-order chi connectivity index (χ0) is 9.68. The maximum atomic E-state index is 9.10. The molecule has 1 aromatic rings. The highest BCUT2D eigenvalue weighted by atomic mass is 16.5. The highest BCUT2D eigenvalue weighted by molar-refractivity contribution is 5.18. The van der Waals surface area contributed by atoms with Crippen molar-refractivity contribution in [3.8, 4) is 5.75 Å². The zero-order valence-corrected chi connectivity index (χ0v) is 7.60. The van der Waals surface area contributed by atoms with Gasteiger partial charge in [-0.15, -0.1) is 0 Å². The van der Waals surface area contributed by atoms with Crippen molar-refractivity contribution in [2.45, 2.75) is 13.0 Å². The van der Waals surface area contributed by atoms with Gasteiger partial charge in [0.15, 0.2) is 0 Å². The fourth-order valence-electron chi connectivity index (χ4n) is 0.800. The fraction of sp³-hybridized carbons (Fsp3) is 0.444. The number of aliphatic hydroxyl groups excluding tert-OH is 1. The fourth-order valence-corrected chi connectivity index (χ4v) is 0.800. The van der Waals surface area contributed by atoms with Crippen molar-refractivity contribution in [2.75, 3.05) is 13.2 Å². The quantitative estimate of drug-likeness (QED) is 0.692. The molecule has 0 aliphatic carbocycles. The van der Waals surface area contributed by atoms with E-state index in [-0.39, 0.29) is 13.2 Å². The molecule has 0 amide bonds. The number of hydrogen-bond donors (Lipinski definition) is 2. The van der Waals surface area contributed by atoms with Gasteiger partial charge in [0.25, 0.3) is 0 Å². The Balaban J connectivity index is 2.41. The number of rotatable bonds is 4. The van der Waals surface area contributed by atoms with Crippen molar-refractivity contribution in [1.82, 2.24) is 4.98 Å². The average molecular weight is 182 g/mol. The number of pyridine rings is 1. The second-order valence-corrected chi connectivity index (χ2v) is 2.84. The van der Waals surface area contributed by atoms with Crippen LogP contribution in [0, 0.1) is 6.92 Å². The number of hydrogen-bond acceptors (Lipinski definition) is 4. The summed E-state index contributed by atoms with van der Waals surface area (Å²) in [5, 5.41) is 9.10. The Hall–Kier alpha value is -1.13. The first-order valence-electron chi connectivity index (χ1n) is 4.16. The van der Waals surface area contributed by atoms with Gasteiger partial charge < -0.3 is 15.6 Å². The van der Waals surface area contributed by atoms with Crippen LogP contribution in [0.4, 0.5) is 0 Å². The molecule has 0 aromatic carbocycles. The Labute approximate surface area is 77.4 Å². The summed E-state index contributed by atoms with van der Waals surface area (Å²) in [5.74, 6) is 0.651. The van der Waals surface area contributed by atoms with Crippen molar-refractivity contribution in [3.05, 3.63) is 24.0 Å². The Bertz CT molecular complexity index is 248. The zero-order valence-electron chi connectivity index (χ0n) is 7.60. The summed E-state index contributed by atoms with van der Waals surface area (Å²) < 4.78 is 5.22. The Morgan fingerprint density at radius 2 is 2.38 bits per heavy atom. The minimum Gasteiger partial charge on any atom is -0.489 e. The van der Waals surface area contributed by atoms with Crippen LogP contribution in [0.2, 0.25) is 0 Å². The van der Waals surface area contributed by atoms with Crippen LogP contribution in [0.1, 0.15) is 5.69 Å². The maximum absolute atomic E-state index is 9.10. The molecular formula is C9H14N2O2. The molecule has 1 heterocycles. The summed E-state index contributed by atoms with van der Waals surface area (Å²) in [4.78, 5) is 4.05. The van der Waals surface area contributed by atoms with Crippen molar-refractivity contribution in [1.29, 1.82) is 0 Å². The van der Waals surface area contributed by atoms with Crippen LogP contribution >= 0.6 is 0 Å². The van der Waals surface area contributed by atoms with Crippen LogP contribution in [0.5, 0.6) is 5.75 Å². The van der Waals surface area contributed by atoms with Crippen molar-refractivity contribution < 1.29 is 9.84 Å². The summed E-state index contributed by atoms with van der Waals surface area (Å²) in [7, 11) is 0.